The van der Waals surface area contributed by atoms with Gasteiger partial charge in [0.1, 0.15) is 0 Å². The summed E-state index contributed by atoms with van der Waals surface area (Å²) in [6.45, 7) is 3.06. The molecule has 1 atom stereocenters. The van der Waals surface area contributed by atoms with E-state index in [0.717, 1.165) is 16.4 Å². The van der Waals surface area contributed by atoms with Gasteiger partial charge in [0.25, 0.3) is 0 Å². The number of nitrogens with zero attached hydrogens (tertiary/aromatic N) is 2. The molecule has 1 aromatic rings. The lowest BCUT2D eigenvalue weighted by molar-refractivity contribution is 0.112. The summed E-state index contributed by atoms with van der Waals surface area (Å²) in [7, 11) is 0. The molecule has 1 aliphatic rings. The second kappa shape index (κ2) is 5.16. The van der Waals surface area contributed by atoms with Crippen molar-refractivity contribution in [1.29, 1.82) is 0 Å². The molecule has 1 aromatic heterocycles. The summed E-state index contributed by atoms with van der Waals surface area (Å²) in [5, 5.41) is 11.4. The van der Waals surface area contributed by atoms with Gasteiger partial charge < -0.3 is 15.3 Å². The van der Waals surface area contributed by atoms with E-state index in [0.29, 0.717) is 25.1 Å². The van der Waals surface area contributed by atoms with Gasteiger partial charge in [0, 0.05) is 25.5 Å². The smallest absolute Gasteiger partial charge is 0.405 e. The molecule has 2 heterocycles. The van der Waals surface area contributed by atoms with Crippen LogP contribution in [0.25, 0.3) is 0 Å². The number of aldehydes is 1. The number of rotatable bonds is 3. The van der Waals surface area contributed by atoms with Gasteiger partial charge in [-0.05, 0) is 29.3 Å². The molecule has 2 N–H and O–H groups in total. The molecule has 19 heavy (non-hydrogen) atoms. The molecule has 0 radical (unpaired) electrons. The first-order valence-corrected chi connectivity index (χ1v) is 6.59. The normalized spacial score (nSPS) is 22.3. The number of carbonyl (C=O) groups excluding carboxylic acids is 1. The quantitative estimate of drug-likeness (QED) is 0.828. The molecule has 102 valence electrons. The third-order valence-corrected chi connectivity index (χ3v) is 3.81. The Morgan fingerprint density at radius 3 is 3.00 bits per heavy atom. The molecule has 0 aromatic carbocycles. The topological polar surface area (TPSA) is 82.5 Å². The lowest BCUT2D eigenvalue weighted by Gasteiger charge is -2.26. The fraction of sp³-hybridized carbons (Fsp3) is 0.417. The summed E-state index contributed by atoms with van der Waals surface area (Å²) in [4.78, 5) is 27.8. The number of nitrogens with one attached hydrogen (secondary N) is 1. The van der Waals surface area contributed by atoms with Crippen LogP contribution in [0.15, 0.2) is 16.9 Å². The van der Waals surface area contributed by atoms with Crippen LogP contribution in [-0.4, -0.2) is 41.1 Å². The van der Waals surface area contributed by atoms with Crippen LogP contribution in [0.4, 0.5) is 10.5 Å². The van der Waals surface area contributed by atoms with Gasteiger partial charge in [-0.2, -0.15) is 0 Å². The minimum Gasteiger partial charge on any atom is -0.465 e. The summed E-state index contributed by atoms with van der Waals surface area (Å²) in [6, 6.07) is 0. The first-order valence-electron chi connectivity index (χ1n) is 5.80. The first kappa shape index (κ1) is 13.8. The summed E-state index contributed by atoms with van der Waals surface area (Å²) in [5.74, 6) is 0. The van der Waals surface area contributed by atoms with Crippen LogP contribution >= 0.6 is 15.9 Å². The van der Waals surface area contributed by atoms with Crippen molar-refractivity contribution in [2.24, 2.45) is 0 Å². The van der Waals surface area contributed by atoms with Gasteiger partial charge in [0.05, 0.1) is 21.3 Å². The van der Waals surface area contributed by atoms with Gasteiger partial charge >= 0.3 is 6.09 Å². The summed E-state index contributed by atoms with van der Waals surface area (Å²) >= 11 is 3.39. The number of hydrogen-bond acceptors (Lipinski definition) is 4. The van der Waals surface area contributed by atoms with E-state index in [1.165, 1.54) is 6.20 Å². The number of carboxylic acid groups (broad SMARTS) is 1. The predicted molar refractivity (Wildman–Crippen MR) is 73.7 cm³/mol. The molecule has 0 aliphatic carbocycles. The highest BCUT2D eigenvalue weighted by Crippen LogP contribution is 2.33. The molecule has 1 unspecified atom stereocenters. The van der Waals surface area contributed by atoms with Gasteiger partial charge in [0.2, 0.25) is 0 Å². The molecule has 1 saturated heterocycles. The van der Waals surface area contributed by atoms with E-state index in [4.69, 9.17) is 5.11 Å². The van der Waals surface area contributed by atoms with Crippen molar-refractivity contribution < 1.29 is 14.7 Å². The van der Waals surface area contributed by atoms with E-state index in [-0.39, 0.29) is 0 Å². The van der Waals surface area contributed by atoms with E-state index in [9.17, 15) is 9.59 Å². The van der Waals surface area contributed by atoms with Crippen molar-refractivity contribution >= 4 is 34.0 Å². The second-order valence-electron chi connectivity index (χ2n) is 4.84. The van der Waals surface area contributed by atoms with Crippen LogP contribution in [0.2, 0.25) is 0 Å². The molecular weight excluding hydrogens is 314 g/mol. The van der Waals surface area contributed by atoms with Crippen LogP contribution < -0.4 is 10.2 Å². The van der Waals surface area contributed by atoms with E-state index in [1.807, 2.05) is 11.8 Å². The van der Waals surface area contributed by atoms with Crippen LogP contribution in [0, 0.1) is 0 Å². The molecule has 1 aliphatic heterocycles. The standard InChI is InChI=1S/C12H14BrN3O3/c1-12(15-11(18)19)2-3-16(7-12)10-8(6-17)4-14-5-9(10)13/h4-6,15H,2-3,7H2,1H3,(H,18,19). The Balaban J connectivity index is 2.26. The maximum Gasteiger partial charge on any atom is 0.405 e. The highest BCUT2D eigenvalue weighted by molar-refractivity contribution is 9.10. The molecule has 0 saturated carbocycles. The van der Waals surface area contributed by atoms with Crippen LogP contribution in [-0.2, 0) is 0 Å². The van der Waals surface area contributed by atoms with Crippen LogP contribution in [0.1, 0.15) is 23.7 Å². The average Bonchev–Trinajstić information content (AvgIpc) is 2.69. The maximum absolute atomic E-state index is 11.1. The van der Waals surface area contributed by atoms with Crippen molar-refractivity contribution in [3.05, 3.63) is 22.4 Å². The van der Waals surface area contributed by atoms with E-state index in [2.05, 4.69) is 26.2 Å². The minimum absolute atomic E-state index is 0.494. The third-order valence-electron chi connectivity index (χ3n) is 3.23. The second-order valence-corrected chi connectivity index (χ2v) is 5.69. The summed E-state index contributed by atoms with van der Waals surface area (Å²) < 4.78 is 0.733. The Kier molecular flexibility index (Phi) is 3.75. The van der Waals surface area contributed by atoms with E-state index in [1.54, 1.807) is 6.20 Å². The van der Waals surface area contributed by atoms with Crippen LogP contribution in [0.5, 0.6) is 0 Å². The maximum atomic E-state index is 11.1. The SMILES string of the molecule is CC1(NC(=O)O)CCN(c2c(Br)cncc2C=O)C1. The zero-order valence-corrected chi connectivity index (χ0v) is 12.0. The van der Waals surface area contributed by atoms with Gasteiger partial charge in [-0.3, -0.25) is 9.78 Å². The van der Waals surface area contributed by atoms with Gasteiger partial charge in [-0.25, -0.2) is 4.79 Å². The molecule has 1 amide bonds. The number of amides is 1. The van der Waals surface area contributed by atoms with Gasteiger partial charge in [-0.1, -0.05) is 0 Å². The zero-order chi connectivity index (χ0) is 14.0. The molecular formula is C12H14BrN3O3. The Morgan fingerprint density at radius 2 is 2.37 bits per heavy atom. The Morgan fingerprint density at radius 1 is 1.63 bits per heavy atom. The number of pyridine rings is 1. The van der Waals surface area contributed by atoms with Gasteiger partial charge in [0.15, 0.2) is 6.29 Å². The lowest BCUT2D eigenvalue weighted by atomic mass is 10.0. The molecule has 0 spiro atoms. The highest BCUT2D eigenvalue weighted by Gasteiger charge is 2.36. The minimum atomic E-state index is -1.03. The van der Waals surface area contributed by atoms with Gasteiger partial charge in [-0.15, -0.1) is 0 Å². The fourth-order valence-electron chi connectivity index (χ4n) is 2.38. The Labute approximate surface area is 118 Å². The Bertz CT molecular complexity index is 523. The van der Waals surface area contributed by atoms with Crippen LogP contribution in [0.3, 0.4) is 0 Å². The predicted octanol–water partition coefficient (Wildman–Crippen LogP) is 1.89. The van der Waals surface area contributed by atoms with Crippen molar-refractivity contribution in [3.63, 3.8) is 0 Å². The van der Waals surface area contributed by atoms with Crippen molar-refractivity contribution in [3.8, 4) is 0 Å². The number of hydrogen-bond donors (Lipinski definition) is 2. The number of halogens is 1. The van der Waals surface area contributed by atoms with Crippen molar-refractivity contribution in [1.82, 2.24) is 10.3 Å². The lowest BCUT2D eigenvalue weighted by Crippen LogP contribution is -2.47. The van der Waals surface area contributed by atoms with E-state index < -0.39 is 11.6 Å². The Hall–Kier alpha value is -1.63. The molecule has 0 bridgehead atoms. The number of carbonyl (C=O) groups is 2. The zero-order valence-electron chi connectivity index (χ0n) is 10.4. The number of aromatic nitrogens is 1. The van der Waals surface area contributed by atoms with Crippen molar-refractivity contribution in [2.45, 2.75) is 18.9 Å². The fourth-order valence-corrected chi connectivity index (χ4v) is 2.97. The number of anilines is 1. The van der Waals surface area contributed by atoms with E-state index >= 15 is 0 Å². The molecule has 1 fully saturated rings. The third kappa shape index (κ3) is 2.86. The largest absolute Gasteiger partial charge is 0.465 e. The summed E-state index contributed by atoms with van der Waals surface area (Å²) in [6.07, 6.45) is 3.55. The monoisotopic (exact) mass is 327 g/mol. The average molecular weight is 328 g/mol. The molecule has 2 rings (SSSR count). The summed E-state index contributed by atoms with van der Waals surface area (Å²) in [5.41, 5.74) is 0.754. The first-order chi connectivity index (χ1) is 8.95. The highest BCUT2D eigenvalue weighted by atomic mass is 79.9. The van der Waals surface area contributed by atoms with Crippen molar-refractivity contribution in [2.75, 3.05) is 18.0 Å². The molecule has 6 nitrogen and oxygen atoms in total. The molecule has 7 heteroatoms.